The molecule has 0 bridgehead atoms. The lowest BCUT2D eigenvalue weighted by atomic mass is 10.2. The van der Waals surface area contributed by atoms with Crippen LogP contribution in [0.3, 0.4) is 0 Å². The van der Waals surface area contributed by atoms with Gasteiger partial charge in [0.05, 0.1) is 6.54 Å². The summed E-state index contributed by atoms with van der Waals surface area (Å²) < 4.78 is 1.81. The largest absolute Gasteiger partial charge is 0.235 e. The van der Waals surface area contributed by atoms with Gasteiger partial charge < -0.3 is 0 Å². The molecule has 4 nitrogen and oxygen atoms in total. The highest BCUT2D eigenvalue weighted by molar-refractivity contribution is 5.68. The van der Waals surface area contributed by atoms with Crippen molar-refractivity contribution < 1.29 is 0 Å². The van der Waals surface area contributed by atoms with Crippen LogP contribution in [0.4, 0.5) is 0 Å². The molecule has 0 N–H and O–H groups in total. The molecule has 0 amide bonds. The van der Waals surface area contributed by atoms with Crippen molar-refractivity contribution in [3.8, 4) is 0 Å². The van der Waals surface area contributed by atoms with E-state index in [1.54, 1.807) is 6.20 Å². The molecule has 16 heavy (non-hydrogen) atoms. The van der Waals surface area contributed by atoms with Crippen molar-refractivity contribution >= 4 is 11.2 Å². The average Bonchev–Trinajstić information content (AvgIpc) is 2.74. The molecule has 0 saturated heterocycles. The van der Waals surface area contributed by atoms with Crippen molar-refractivity contribution in [2.24, 2.45) is 0 Å². The van der Waals surface area contributed by atoms with Gasteiger partial charge in [-0.1, -0.05) is 35.5 Å². The Bertz CT molecular complexity index is 600. The number of hydrogen-bond donors (Lipinski definition) is 0. The molecule has 0 unspecified atom stereocenters. The lowest BCUT2D eigenvalue weighted by molar-refractivity contribution is 0.664. The quantitative estimate of drug-likeness (QED) is 0.648. The predicted octanol–water partition coefficient (Wildman–Crippen LogP) is 1.87. The average molecular weight is 210 g/mol. The van der Waals surface area contributed by atoms with Gasteiger partial charge in [-0.2, -0.15) is 0 Å². The number of hydrogen-bond acceptors (Lipinski definition) is 3. The molecular formula is C12H10N4. The van der Waals surface area contributed by atoms with E-state index in [2.05, 4.69) is 27.4 Å². The smallest absolute Gasteiger partial charge is 0.178 e. The molecule has 0 atom stereocenters. The van der Waals surface area contributed by atoms with E-state index in [0.29, 0.717) is 6.54 Å². The summed E-state index contributed by atoms with van der Waals surface area (Å²) in [5.41, 5.74) is 2.85. The minimum absolute atomic E-state index is 0.703. The Morgan fingerprint density at radius 1 is 1.00 bits per heavy atom. The molecule has 0 aliphatic rings. The molecule has 0 aliphatic heterocycles. The van der Waals surface area contributed by atoms with E-state index in [0.717, 1.165) is 11.2 Å². The van der Waals surface area contributed by atoms with Gasteiger partial charge in [0.1, 0.15) is 5.52 Å². The molecule has 78 valence electrons. The molecular weight excluding hydrogens is 200 g/mol. The summed E-state index contributed by atoms with van der Waals surface area (Å²) in [6, 6.07) is 13.9. The molecule has 2 aromatic heterocycles. The van der Waals surface area contributed by atoms with Gasteiger partial charge in [0.2, 0.25) is 0 Å². The van der Waals surface area contributed by atoms with Gasteiger partial charge in [-0.3, -0.25) is 0 Å². The van der Waals surface area contributed by atoms with E-state index in [9.17, 15) is 0 Å². The maximum Gasteiger partial charge on any atom is 0.178 e. The van der Waals surface area contributed by atoms with E-state index in [1.165, 1.54) is 5.56 Å². The number of nitrogens with zero attached hydrogens (tertiary/aromatic N) is 4. The first-order valence-electron chi connectivity index (χ1n) is 5.11. The topological polar surface area (TPSA) is 43.6 Å². The summed E-state index contributed by atoms with van der Waals surface area (Å²) >= 11 is 0. The Hall–Kier alpha value is -2.23. The lowest BCUT2D eigenvalue weighted by Crippen LogP contribution is -2.02. The van der Waals surface area contributed by atoms with E-state index in [4.69, 9.17) is 0 Å². The fourth-order valence-electron chi connectivity index (χ4n) is 1.67. The number of pyridine rings is 1. The summed E-state index contributed by atoms with van der Waals surface area (Å²) in [4.78, 5) is 4.28. The molecule has 0 fully saturated rings. The van der Waals surface area contributed by atoms with E-state index in [-0.39, 0.29) is 0 Å². The van der Waals surface area contributed by atoms with Crippen molar-refractivity contribution in [1.82, 2.24) is 20.0 Å². The fraction of sp³-hybridized carbons (Fsp3) is 0.0833. The monoisotopic (exact) mass is 210 g/mol. The third kappa shape index (κ3) is 1.54. The molecule has 3 aromatic rings. The minimum atomic E-state index is 0.703. The Labute approximate surface area is 92.6 Å². The summed E-state index contributed by atoms with van der Waals surface area (Å²) in [6.07, 6.45) is 1.76. The van der Waals surface area contributed by atoms with Crippen LogP contribution in [0.25, 0.3) is 11.2 Å². The molecule has 4 heteroatoms. The molecule has 0 spiro atoms. The second-order valence-electron chi connectivity index (χ2n) is 3.58. The van der Waals surface area contributed by atoms with Crippen molar-refractivity contribution in [3.63, 3.8) is 0 Å². The zero-order valence-corrected chi connectivity index (χ0v) is 8.61. The standard InChI is InChI=1S/C12H10N4/c1-2-5-10(6-3-1)9-16-12-11(14-15-16)7-4-8-13-12/h1-8H,9H2. The van der Waals surface area contributed by atoms with Gasteiger partial charge in [0, 0.05) is 6.20 Å². The second kappa shape index (κ2) is 3.73. The molecule has 3 rings (SSSR count). The number of fused-ring (bicyclic) bond motifs is 1. The lowest BCUT2D eigenvalue weighted by Gasteiger charge is -2.00. The minimum Gasteiger partial charge on any atom is -0.235 e. The third-order valence-electron chi connectivity index (χ3n) is 2.45. The van der Waals surface area contributed by atoms with Crippen molar-refractivity contribution in [2.45, 2.75) is 6.54 Å². The Balaban J connectivity index is 2.01. The van der Waals surface area contributed by atoms with Crippen LogP contribution in [-0.4, -0.2) is 20.0 Å². The van der Waals surface area contributed by atoms with E-state index < -0.39 is 0 Å². The number of rotatable bonds is 2. The van der Waals surface area contributed by atoms with Crippen molar-refractivity contribution in [2.75, 3.05) is 0 Å². The van der Waals surface area contributed by atoms with Crippen LogP contribution in [0, 0.1) is 0 Å². The first kappa shape index (κ1) is 9.03. The molecule has 0 aliphatic carbocycles. The zero-order valence-electron chi connectivity index (χ0n) is 8.61. The van der Waals surface area contributed by atoms with Gasteiger partial charge in [0.25, 0.3) is 0 Å². The van der Waals surface area contributed by atoms with Crippen LogP contribution in [0.2, 0.25) is 0 Å². The van der Waals surface area contributed by atoms with Gasteiger partial charge in [-0.25, -0.2) is 9.67 Å². The Morgan fingerprint density at radius 2 is 1.88 bits per heavy atom. The van der Waals surface area contributed by atoms with Gasteiger partial charge in [0.15, 0.2) is 5.65 Å². The highest BCUT2D eigenvalue weighted by Crippen LogP contribution is 2.09. The van der Waals surface area contributed by atoms with Crippen molar-refractivity contribution in [1.29, 1.82) is 0 Å². The summed E-state index contributed by atoms with van der Waals surface area (Å²) in [7, 11) is 0. The first-order chi connectivity index (χ1) is 7.93. The maximum absolute atomic E-state index is 4.28. The summed E-state index contributed by atoms with van der Waals surface area (Å²) in [6.45, 7) is 0.703. The van der Waals surface area contributed by atoms with Crippen LogP contribution in [0.5, 0.6) is 0 Å². The molecule has 1 aromatic carbocycles. The van der Waals surface area contributed by atoms with Crippen LogP contribution < -0.4 is 0 Å². The van der Waals surface area contributed by atoms with Gasteiger partial charge in [-0.15, -0.1) is 5.10 Å². The van der Waals surface area contributed by atoms with Gasteiger partial charge in [-0.05, 0) is 17.7 Å². The SMILES string of the molecule is c1ccc(Cn2nnc3cccnc32)cc1. The van der Waals surface area contributed by atoms with E-state index in [1.807, 2.05) is 35.0 Å². The molecule has 0 saturated carbocycles. The van der Waals surface area contributed by atoms with Crippen molar-refractivity contribution in [3.05, 3.63) is 54.2 Å². The highest BCUT2D eigenvalue weighted by Gasteiger charge is 2.04. The number of benzene rings is 1. The molecule has 0 radical (unpaired) electrons. The first-order valence-corrected chi connectivity index (χ1v) is 5.11. The molecule has 2 heterocycles. The van der Waals surface area contributed by atoms with Crippen LogP contribution >= 0.6 is 0 Å². The third-order valence-corrected chi connectivity index (χ3v) is 2.45. The number of aromatic nitrogens is 4. The van der Waals surface area contributed by atoms with Crippen LogP contribution in [0.15, 0.2) is 48.7 Å². The maximum atomic E-state index is 4.28. The van der Waals surface area contributed by atoms with Gasteiger partial charge >= 0.3 is 0 Å². The van der Waals surface area contributed by atoms with E-state index >= 15 is 0 Å². The van der Waals surface area contributed by atoms with Crippen LogP contribution in [0.1, 0.15) is 5.56 Å². The zero-order chi connectivity index (χ0) is 10.8. The predicted molar refractivity (Wildman–Crippen MR) is 60.9 cm³/mol. The summed E-state index contributed by atoms with van der Waals surface area (Å²) in [5, 5.41) is 8.16. The van der Waals surface area contributed by atoms with Crippen LogP contribution in [-0.2, 0) is 6.54 Å². The second-order valence-corrected chi connectivity index (χ2v) is 3.58. The fourth-order valence-corrected chi connectivity index (χ4v) is 1.67. The normalized spacial score (nSPS) is 10.8. The Kier molecular flexibility index (Phi) is 2.11. The summed E-state index contributed by atoms with van der Waals surface area (Å²) in [5.74, 6) is 0. The Morgan fingerprint density at radius 3 is 2.75 bits per heavy atom. The highest BCUT2D eigenvalue weighted by atomic mass is 15.4.